The van der Waals surface area contributed by atoms with Crippen LogP contribution in [0.25, 0.3) is 10.9 Å². The monoisotopic (exact) mass is 320 g/mol. The quantitative estimate of drug-likeness (QED) is 0.908. The van der Waals surface area contributed by atoms with E-state index in [2.05, 4.69) is 22.1 Å². The van der Waals surface area contributed by atoms with Crippen molar-refractivity contribution in [3.63, 3.8) is 0 Å². The molecule has 0 aromatic carbocycles. The summed E-state index contributed by atoms with van der Waals surface area (Å²) < 4.78 is 6.40. The number of aryl methyl sites for hydroxylation is 2. The van der Waals surface area contributed by atoms with Gasteiger partial charge in [-0.15, -0.1) is 0 Å². The minimum atomic E-state index is -0.626. The highest BCUT2D eigenvalue weighted by molar-refractivity contribution is 5.81. The molecule has 0 aliphatic carbocycles. The molecule has 7 heteroatoms. The zero-order valence-electron chi connectivity index (χ0n) is 13.9. The van der Waals surface area contributed by atoms with Crippen LogP contribution in [-0.2, 0) is 6.54 Å². The average Bonchev–Trinajstić information content (AvgIpc) is 2.89. The lowest BCUT2D eigenvalue weighted by Crippen LogP contribution is -2.41. The van der Waals surface area contributed by atoms with Gasteiger partial charge in [-0.2, -0.15) is 5.10 Å². The van der Waals surface area contributed by atoms with E-state index >= 15 is 0 Å². The van der Waals surface area contributed by atoms with E-state index in [1.165, 1.54) is 4.68 Å². The zero-order valence-corrected chi connectivity index (χ0v) is 13.9. The summed E-state index contributed by atoms with van der Waals surface area (Å²) >= 11 is 0. The Kier molecular flexibility index (Phi) is 4.50. The molecule has 3 heterocycles. The number of aliphatic hydroxyl groups is 1. The van der Waals surface area contributed by atoms with Crippen LogP contribution in [-0.4, -0.2) is 50.7 Å². The van der Waals surface area contributed by atoms with E-state index in [0.717, 1.165) is 31.8 Å². The molecule has 1 N–H and O–H groups in total. The van der Waals surface area contributed by atoms with Crippen molar-refractivity contribution in [2.24, 2.45) is 5.92 Å². The van der Waals surface area contributed by atoms with Crippen LogP contribution in [0, 0.1) is 19.8 Å². The number of rotatable bonds is 4. The Morgan fingerprint density at radius 3 is 2.70 bits per heavy atom. The summed E-state index contributed by atoms with van der Waals surface area (Å²) in [7, 11) is 0. The third kappa shape index (κ3) is 3.30. The molecule has 0 bridgehead atoms. The zero-order chi connectivity index (χ0) is 16.6. The molecule has 1 unspecified atom stereocenters. The summed E-state index contributed by atoms with van der Waals surface area (Å²) in [6.07, 6.45) is 1.70. The number of piperidine rings is 1. The van der Waals surface area contributed by atoms with Crippen molar-refractivity contribution in [1.29, 1.82) is 0 Å². The largest absolute Gasteiger partial charge is 0.390 e. The smallest absolute Gasteiger partial charge is 0.296 e. The summed E-state index contributed by atoms with van der Waals surface area (Å²) in [5.41, 5.74) is 0.667. The number of β-amino-alcohol motifs (C(OH)–C–C–N with tert-alkyl or cyclic N) is 1. The van der Waals surface area contributed by atoms with Gasteiger partial charge >= 0.3 is 0 Å². The van der Waals surface area contributed by atoms with Gasteiger partial charge in [0.05, 0.1) is 23.7 Å². The van der Waals surface area contributed by atoms with E-state index in [1.807, 2.05) is 6.92 Å². The third-order valence-corrected chi connectivity index (χ3v) is 4.66. The summed E-state index contributed by atoms with van der Waals surface area (Å²) in [5.74, 6) is 1.35. The highest BCUT2D eigenvalue weighted by Crippen LogP contribution is 2.17. The molecule has 2 aromatic heterocycles. The van der Waals surface area contributed by atoms with Gasteiger partial charge in [0, 0.05) is 6.54 Å². The maximum Gasteiger partial charge on any atom is 0.296 e. The van der Waals surface area contributed by atoms with Gasteiger partial charge in [0.15, 0.2) is 5.52 Å². The summed E-state index contributed by atoms with van der Waals surface area (Å²) in [5, 5.41) is 19.1. The molecule has 1 fully saturated rings. The van der Waals surface area contributed by atoms with E-state index in [9.17, 15) is 9.90 Å². The number of fused-ring (bicyclic) bond motifs is 1. The molecular formula is C16H24N4O3. The van der Waals surface area contributed by atoms with Gasteiger partial charge in [-0.25, -0.2) is 4.68 Å². The number of hydrogen-bond donors (Lipinski definition) is 1. The number of aromatic nitrogens is 3. The van der Waals surface area contributed by atoms with Crippen molar-refractivity contribution in [2.75, 3.05) is 19.6 Å². The van der Waals surface area contributed by atoms with Crippen LogP contribution in [0.1, 0.15) is 31.2 Å². The second-order valence-corrected chi connectivity index (χ2v) is 6.67. The van der Waals surface area contributed by atoms with Gasteiger partial charge in [-0.1, -0.05) is 12.1 Å². The van der Waals surface area contributed by atoms with E-state index in [1.54, 1.807) is 6.92 Å². The van der Waals surface area contributed by atoms with Crippen molar-refractivity contribution in [1.82, 2.24) is 19.8 Å². The van der Waals surface area contributed by atoms with E-state index in [4.69, 9.17) is 4.52 Å². The summed E-state index contributed by atoms with van der Waals surface area (Å²) in [6.45, 7) is 8.58. The molecule has 1 aliphatic heterocycles. The molecule has 126 valence electrons. The van der Waals surface area contributed by atoms with Crippen LogP contribution in [0.2, 0.25) is 0 Å². The van der Waals surface area contributed by atoms with Crippen LogP contribution < -0.4 is 5.56 Å². The molecule has 2 aromatic rings. The lowest BCUT2D eigenvalue weighted by molar-refractivity contribution is 0.0767. The average molecular weight is 320 g/mol. The fourth-order valence-electron chi connectivity index (χ4n) is 3.27. The van der Waals surface area contributed by atoms with Gasteiger partial charge in [-0.3, -0.25) is 4.79 Å². The summed E-state index contributed by atoms with van der Waals surface area (Å²) in [4.78, 5) is 14.7. The van der Waals surface area contributed by atoms with Crippen LogP contribution in [0.15, 0.2) is 9.32 Å². The van der Waals surface area contributed by atoms with E-state index in [0.29, 0.717) is 23.4 Å². The van der Waals surface area contributed by atoms with Gasteiger partial charge in [-0.05, 0) is 45.7 Å². The van der Waals surface area contributed by atoms with E-state index in [-0.39, 0.29) is 17.6 Å². The predicted octanol–water partition coefficient (Wildman–Crippen LogP) is 1.09. The minimum absolute atomic E-state index is 0.174. The second kappa shape index (κ2) is 6.41. The highest BCUT2D eigenvalue weighted by atomic mass is 16.5. The molecule has 1 saturated heterocycles. The number of likely N-dealkylation sites (tertiary alicyclic amines) is 1. The van der Waals surface area contributed by atoms with Crippen molar-refractivity contribution >= 4 is 10.9 Å². The molecule has 1 aliphatic rings. The maximum atomic E-state index is 12.4. The Labute approximate surface area is 134 Å². The molecule has 0 amide bonds. The van der Waals surface area contributed by atoms with Crippen molar-refractivity contribution in [3.05, 3.63) is 21.8 Å². The topological polar surface area (TPSA) is 84.4 Å². The highest BCUT2D eigenvalue weighted by Gasteiger charge is 2.20. The first-order chi connectivity index (χ1) is 11.0. The van der Waals surface area contributed by atoms with Crippen LogP contribution in [0.4, 0.5) is 0 Å². The Morgan fingerprint density at radius 2 is 2.00 bits per heavy atom. The van der Waals surface area contributed by atoms with Crippen molar-refractivity contribution in [2.45, 2.75) is 46.3 Å². The van der Waals surface area contributed by atoms with Gasteiger partial charge in [0.1, 0.15) is 5.76 Å². The molecule has 0 spiro atoms. The Bertz CT molecular complexity index is 744. The van der Waals surface area contributed by atoms with Gasteiger partial charge < -0.3 is 14.5 Å². The first-order valence-corrected chi connectivity index (χ1v) is 8.20. The number of hydrogen-bond acceptors (Lipinski definition) is 6. The minimum Gasteiger partial charge on any atom is -0.390 e. The fourth-order valence-corrected chi connectivity index (χ4v) is 3.27. The number of nitrogens with zero attached hydrogens (tertiary/aromatic N) is 4. The fraction of sp³-hybridized carbons (Fsp3) is 0.688. The molecule has 7 nitrogen and oxygen atoms in total. The van der Waals surface area contributed by atoms with E-state index < -0.39 is 6.10 Å². The molecule has 1 atom stereocenters. The normalized spacial score (nSPS) is 18.6. The van der Waals surface area contributed by atoms with Crippen LogP contribution in [0.3, 0.4) is 0 Å². The van der Waals surface area contributed by atoms with Gasteiger partial charge in [0.25, 0.3) is 5.56 Å². The van der Waals surface area contributed by atoms with Crippen LogP contribution in [0.5, 0.6) is 0 Å². The molecule has 0 radical (unpaired) electrons. The van der Waals surface area contributed by atoms with Gasteiger partial charge in [0.2, 0.25) is 0 Å². The SMILES string of the molecule is Cc1nn(CC(O)CN2CCC(C)CC2)c(=O)c2noc(C)c12. The first kappa shape index (κ1) is 16.1. The standard InChI is InChI=1S/C16H24N4O3/c1-10-4-6-19(7-5-10)8-13(21)9-20-16(22)15-14(11(2)17-20)12(3)23-18-15/h10,13,21H,4-9H2,1-3H3. The molecule has 0 saturated carbocycles. The van der Waals surface area contributed by atoms with Crippen molar-refractivity contribution in [3.8, 4) is 0 Å². The molecular weight excluding hydrogens is 296 g/mol. The van der Waals surface area contributed by atoms with Crippen molar-refractivity contribution < 1.29 is 9.63 Å². The molecule has 3 rings (SSSR count). The lowest BCUT2D eigenvalue weighted by Gasteiger charge is -2.31. The Morgan fingerprint density at radius 1 is 1.30 bits per heavy atom. The lowest BCUT2D eigenvalue weighted by atomic mass is 9.99. The first-order valence-electron chi connectivity index (χ1n) is 8.20. The Hall–Kier alpha value is -1.73. The predicted molar refractivity (Wildman–Crippen MR) is 86.4 cm³/mol. The third-order valence-electron chi connectivity index (χ3n) is 4.66. The maximum absolute atomic E-state index is 12.4. The number of aliphatic hydroxyl groups excluding tert-OH is 1. The summed E-state index contributed by atoms with van der Waals surface area (Å²) in [6, 6.07) is 0. The van der Waals surface area contributed by atoms with Crippen LogP contribution >= 0.6 is 0 Å². The Balaban J connectivity index is 1.73. The second-order valence-electron chi connectivity index (χ2n) is 6.67. The molecule has 23 heavy (non-hydrogen) atoms.